The molecule has 3 nitrogen and oxygen atoms in total. The fraction of sp³-hybridized carbons (Fsp3) is 0.188. The molecule has 2 aromatic carbocycles. The topological polar surface area (TPSA) is 38.3 Å². The highest BCUT2D eigenvalue weighted by molar-refractivity contribution is 14.1. The highest BCUT2D eigenvalue weighted by atomic mass is 127. The van der Waals surface area contributed by atoms with E-state index in [1.54, 1.807) is 7.11 Å². The number of benzene rings is 2. The number of hydrogen-bond acceptors (Lipinski definition) is 2. The number of ether oxygens (including phenoxy) is 1. The van der Waals surface area contributed by atoms with E-state index < -0.39 is 0 Å². The fourth-order valence-electron chi connectivity index (χ4n) is 1.97. The Morgan fingerprint density at radius 1 is 1.20 bits per heavy atom. The number of halogens is 1. The van der Waals surface area contributed by atoms with Crippen molar-refractivity contribution in [1.29, 1.82) is 0 Å². The molecule has 0 aromatic heterocycles. The van der Waals surface area contributed by atoms with Gasteiger partial charge in [-0.15, -0.1) is 0 Å². The lowest BCUT2D eigenvalue weighted by Gasteiger charge is -2.08. The Balaban J connectivity index is 2.01. The number of amides is 1. The summed E-state index contributed by atoms with van der Waals surface area (Å²) in [6, 6.07) is 13.5. The Bertz CT molecular complexity index is 608. The summed E-state index contributed by atoms with van der Waals surface area (Å²) in [7, 11) is 1.64. The molecule has 0 aliphatic carbocycles. The van der Waals surface area contributed by atoms with Gasteiger partial charge in [0.15, 0.2) is 0 Å². The van der Waals surface area contributed by atoms with Crippen molar-refractivity contribution in [3.63, 3.8) is 0 Å². The Hall–Kier alpha value is -1.56. The zero-order valence-corrected chi connectivity index (χ0v) is 13.6. The molecule has 2 rings (SSSR count). The molecule has 1 amide bonds. The van der Waals surface area contributed by atoms with Gasteiger partial charge in [-0.05, 0) is 71.0 Å². The highest BCUT2D eigenvalue weighted by Crippen LogP contribution is 2.19. The van der Waals surface area contributed by atoms with E-state index in [4.69, 9.17) is 4.74 Å². The smallest absolute Gasteiger partial charge is 0.228 e. The van der Waals surface area contributed by atoms with Crippen molar-refractivity contribution < 1.29 is 9.53 Å². The standard InChI is InChI=1S/C16H16INO2/c1-11-9-12(3-8-15(11)20-2)10-16(19)18-14-6-4-13(17)5-7-14/h3-9H,10H2,1-2H3,(H,18,19). The maximum absolute atomic E-state index is 12.0. The van der Waals surface area contributed by atoms with Crippen molar-refractivity contribution in [2.24, 2.45) is 0 Å². The maximum Gasteiger partial charge on any atom is 0.228 e. The van der Waals surface area contributed by atoms with Gasteiger partial charge in [-0.3, -0.25) is 4.79 Å². The number of nitrogens with one attached hydrogen (secondary N) is 1. The van der Waals surface area contributed by atoms with Crippen molar-refractivity contribution in [3.05, 3.63) is 57.2 Å². The summed E-state index contributed by atoms with van der Waals surface area (Å²) in [5, 5.41) is 2.89. The minimum Gasteiger partial charge on any atom is -0.496 e. The molecular weight excluding hydrogens is 365 g/mol. The van der Waals surface area contributed by atoms with Gasteiger partial charge in [0.05, 0.1) is 13.5 Å². The lowest BCUT2D eigenvalue weighted by atomic mass is 10.1. The van der Waals surface area contributed by atoms with Crippen LogP contribution in [0.25, 0.3) is 0 Å². The van der Waals surface area contributed by atoms with E-state index in [0.717, 1.165) is 26.1 Å². The van der Waals surface area contributed by atoms with E-state index in [0.29, 0.717) is 6.42 Å². The molecule has 0 heterocycles. The van der Waals surface area contributed by atoms with E-state index >= 15 is 0 Å². The second-order valence-corrected chi connectivity index (χ2v) is 5.78. The molecule has 0 spiro atoms. The Morgan fingerprint density at radius 2 is 1.90 bits per heavy atom. The average molecular weight is 381 g/mol. The number of methoxy groups -OCH3 is 1. The van der Waals surface area contributed by atoms with Crippen molar-refractivity contribution in [2.45, 2.75) is 13.3 Å². The fourth-order valence-corrected chi connectivity index (χ4v) is 2.33. The van der Waals surface area contributed by atoms with Crippen LogP contribution in [0.5, 0.6) is 5.75 Å². The van der Waals surface area contributed by atoms with Crippen LogP contribution in [0.15, 0.2) is 42.5 Å². The van der Waals surface area contributed by atoms with Gasteiger partial charge in [-0.2, -0.15) is 0 Å². The Morgan fingerprint density at radius 3 is 2.50 bits per heavy atom. The molecule has 20 heavy (non-hydrogen) atoms. The first-order valence-electron chi connectivity index (χ1n) is 6.27. The molecule has 0 fully saturated rings. The van der Waals surface area contributed by atoms with Gasteiger partial charge in [-0.1, -0.05) is 12.1 Å². The number of carbonyl (C=O) groups is 1. The van der Waals surface area contributed by atoms with Gasteiger partial charge < -0.3 is 10.1 Å². The molecule has 0 atom stereocenters. The molecule has 1 N–H and O–H groups in total. The first-order valence-corrected chi connectivity index (χ1v) is 7.35. The van der Waals surface area contributed by atoms with Crippen LogP contribution >= 0.6 is 22.6 Å². The molecule has 0 aliphatic heterocycles. The lowest BCUT2D eigenvalue weighted by Crippen LogP contribution is -2.14. The number of carbonyl (C=O) groups excluding carboxylic acids is 1. The quantitative estimate of drug-likeness (QED) is 0.819. The minimum atomic E-state index is -0.0178. The summed E-state index contributed by atoms with van der Waals surface area (Å²) in [4.78, 5) is 12.0. The van der Waals surface area contributed by atoms with Crippen LogP contribution in [-0.4, -0.2) is 13.0 Å². The van der Waals surface area contributed by atoms with Crippen LogP contribution in [0.1, 0.15) is 11.1 Å². The predicted octanol–water partition coefficient (Wildman–Crippen LogP) is 3.79. The molecule has 0 saturated heterocycles. The van der Waals surface area contributed by atoms with Gasteiger partial charge in [0.25, 0.3) is 0 Å². The molecule has 0 saturated carbocycles. The van der Waals surface area contributed by atoms with Gasteiger partial charge in [0.1, 0.15) is 5.75 Å². The first kappa shape index (κ1) is 14.8. The second kappa shape index (κ2) is 6.74. The van der Waals surface area contributed by atoms with Crippen molar-refractivity contribution in [3.8, 4) is 5.75 Å². The summed E-state index contributed by atoms with van der Waals surface area (Å²) in [5.74, 6) is 0.822. The minimum absolute atomic E-state index is 0.0178. The van der Waals surface area contributed by atoms with Crippen LogP contribution in [-0.2, 0) is 11.2 Å². The lowest BCUT2D eigenvalue weighted by molar-refractivity contribution is -0.115. The first-order chi connectivity index (χ1) is 9.58. The number of aryl methyl sites for hydroxylation is 1. The largest absolute Gasteiger partial charge is 0.496 e. The second-order valence-electron chi connectivity index (χ2n) is 4.54. The third kappa shape index (κ3) is 3.96. The van der Waals surface area contributed by atoms with Crippen LogP contribution in [0, 0.1) is 10.5 Å². The normalized spacial score (nSPS) is 10.2. The van der Waals surface area contributed by atoms with Crippen molar-refractivity contribution in [2.75, 3.05) is 12.4 Å². The summed E-state index contributed by atoms with van der Waals surface area (Å²) >= 11 is 2.23. The molecule has 0 unspecified atom stereocenters. The van der Waals surface area contributed by atoms with Crippen LogP contribution < -0.4 is 10.1 Å². The van der Waals surface area contributed by atoms with E-state index in [1.165, 1.54) is 0 Å². The summed E-state index contributed by atoms with van der Waals surface area (Å²) in [5.41, 5.74) is 2.83. The van der Waals surface area contributed by atoms with Gasteiger partial charge in [0, 0.05) is 9.26 Å². The van der Waals surface area contributed by atoms with Gasteiger partial charge in [-0.25, -0.2) is 0 Å². The summed E-state index contributed by atoms with van der Waals surface area (Å²) in [6.45, 7) is 1.97. The number of rotatable bonds is 4. The number of anilines is 1. The molecule has 2 aromatic rings. The van der Waals surface area contributed by atoms with Crippen LogP contribution in [0.2, 0.25) is 0 Å². The summed E-state index contributed by atoms with van der Waals surface area (Å²) < 4.78 is 6.36. The molecular formula is C16H16INO2. The molecule has 104 valence electrons. The van der Waals surface area contributed by atoms with Crippen molar-refractivity contribution >= 4 is 34.2 Å². The summed E-state index contributed by atoms with van der Waals surface area (Å²) in [6.07, 6.45) is 0.358. The van der Waals surface area contributed by atoms with E-state index in [-0.39, 0.29) is 5.91 Å². The predicted molar refractivity (Wildman–Crippen MR) is 89.2 cm³/mol. The molecule has 0 radical (unpaired) electrons. The average Bonchev–Trinajstić information content (AvgIpc) is 2.41. The van der Waals surface area contributed by atoms with E-state index in [2.05, 4.69) is 27.9 Å². The Kier molecular flexibility index (Phi) is 5.00. The Labute approximate surface area is 132 Å². The maximum atomic E-state index is 12.0. The van der Waals surface area contributed by atoms with Gasteiger partial charge in [0.2, 0.25) is 5.91 Å². The van der Waals surface area contributed by atoms with Gasteiger partial charge >= 0.3 is 0 Å². The third-order valence-corrected chi connectivity index (χ3v) is 3.67. The number of hydrogen-bond donors (Lipinski definition) is 1. The monoisotopic (exact) mass is 381 g/mol. The molecule has 0 bridgehead atoms. The third-order valence-electron chi connectivity index (χ3n) is 2.95. The zero-order chi connectivity index (χ0) is 14.5. The zero-order valence-electron chi connectivity index (χ0n) is 11.4. The molecule has 0 aliphatic rings. The van der Waals surface area contributed by atoms with E-state index in [1.807, 2.05) is 49.4 Å². The highest BCUT2D eigenvalue weighted by Gasteiger charge is 2.06. The SMILES string of the molecule is COc1ccc(CC(=O)Nc2ccc(I)cc2)cc1C. The van der Waals surface area contributed by atoms with Crippen LogP contribution in [0.3, 0.4) is 0 Å². The molecule has 4 heteroatoms. The van der Waals surface area contributed by atoms with Crippen molar-refractivity contribution in [1.82, 2.24) is 0 Å². The van der Waals surface area contributed by atoms with Crippen LogP contribution in [0.4, 0.5) is 5.69 Å². The van der Waals surface area contributed by atoms with E-state index in [9.17, 15) is 4.79 Å².